The number of rotatable bonds is 1. The van der Waals surface area contributed by atoms with Gasteiger partial charge in [-0.3, -0.25) is 4.99 Å². The maximum atomic E-state index is 11.0. The molecule has 0 saturated heterocycles. The molecule has 2 aliphatic rings. The normalized spacial score (nSPS) is 25.1. The second-order valence-electron chi connectivity index (χ2n) is 3.49. The minimum absolute atomic E-state index is 0.0935. The summed E-state index contributed by atoms with van der Waals surface area (Å²) in [7, 11) is 1.87. The van der Waals surface area contributed by atoms with Gasteiger partial charge in [-0.05, 0) is 6.92 Å². The van der Waals surface area contributed by atoms with Gasteiger partial charge in [0.1, 0.15) is 5.84 Å². The zero-order chi connectivity index (χ0) is 10.3. The van der Waals surface area contributed by atoms with Gasteiger partial charge < -0.3 is 10.0 Å². The first-order chi connectivity index (χ1) is 6.63. The highest BCUT2D eigenvalue weighted by Crippen LogP contribution is 2.28. The Bertz CT molecular complexity index is 380. The molecule has 0 amide bonds. The lowest BCUT2D eigenvalue weighted by Crippen LogP contribution is -2.31. The fourth-order valence-electron chi connectivity index (χ4n) is 1.88. The Morgan fingerprint density at radius 2 is 2.43 bits per heavy atom. The molecule has 2 rings (SSSR count). The molecule has 0 fully saturated rings. The van der Waals surface area contributed by atoms with E-state index in [2.05, 4.69) is 4.99 Å². The Morgan fingerprint density at radius 3 is 3.07 bits per heavy atom. The van der Waals surface area contributed by atoms with E-state index in [-0.39, 0.29) is 6.04 Å². The highest BCUT2D eigenvalue weighted by molar-refractivity contribution is 6.12. The highest BCUT2D eigenvalue weighted by Gasteiger charge is 2.35. The number of dihydropyridines is 1. The van der Waals surface area contributed by atoms with Crippen molar-refractivity contribution >= 4 is 11.8 Å². The summed E-state index contributed by atoms with van der Waals surface area (Å²) in [6.07, 6.45) is 3.74. The van der Waals surface area contributed by atoms with Crippen molar-refractivity contribution in [2.75, 3.05) is 13.6 Å². The smallest absolute Gasteiger partial charge is 0.334 e. The van der Waals surface area contributed by atoms with Gasteiger partial charge in [-0.25, -0.2) is 4.79 Å². The minimum Gasteiger partial charge on any atom is -0.478 e. The van der Waals surface area contributed by atoms with Gasteiger partial charge >= 0.3 is 5.97 Å². The topological polar surface area (TPSA) is 52.9 Å². The SMILES string of the molecule is CC1C(C(=O)O)=C2C=CCN=C2N1C. The van der Waals surface area contributed by atoms with E-state index in [1.807, 2.05) is 31.0 Å². The number of amidine groups is 1. The Labute approximate surface area is 82.2 Å². The molecule has 0 aliphatic carbocycles. The summed E-state index contributed by atoms with van der Waals surface area (Å²) < 4.78 is 0. The maximum Gasteiger partial charge on any atom is 0.334 e. The summed E-state index contributed by atoms with van der Waals surface area (Å²) >= 11 is 0. The van der Waals surface area contributed by atoms with Crippen LogP contribution in [0.3, 0.4) is 0 Å². The molecule has 4 heteroatoms. The summed E-state index contributed by atoms with van der Waals surface area (Å²) in [6, 6.07) is -0.0935. The van der Waals surface area contributed by atoms with Gasteiger partial charge in [0.25, 0.3) is 0 Å². The van der Waals surface area contributed by atoms with Crippen molar-refractivity contribution < 1.29 is 9.90 Å². The van der Waals surface area contributed by atoms with E-state index in [4.69, 9.17) is 5.11 Å². The molecule has 0 bridgehead atoms. The van der Waals surface area contributed by atoms with Crippen LogP contribution in [-0.4, -0.2) is 41.4 Å². The molecule has 74 valence electrons. The fourth-order valence-corrected chi connectivity index (χ4v) is 1.88. The van der Waals surface area contributed by atoms with E-state index in [9.17, 15) is 4.79 Å². The summed E-state index contributed by atoms with van der Waals surface area (Å²) in [5, 5.41) is 9.07. The molecular formula is C10H12N2O2. The van der Waals surface area contributed by atoms with Gasteiger partial charge in [0, 0.05) is 12.6 Å². The van der Waals surface area contributed by atoms with Crippen molar-refractivity contribution in [3.8, 4) is 0 Å². The number of fused-ring (bicyclic) bond motifs is 1. The van der Waals surface area contributed by atoms with Gasteiger partial charge in [0.2, 0.25) is 0 Å². The highest BCUT2D eigenvalue weighted by atomic mass is 16.4. The third-order valence-corrected chi connectivity index (χ3v) is 2.73. The van der Waals surface area contributed by atoms with E-state index in [1.54, 1.807) is 0 Å². The molecule has 0 aromatic rings. The number of aliphatic carboxylic acids is 1. The molecule has 2 aliphatic heterocycles. The monoisotopic (exact) mass is 192 g/mol. The first kappa shape index (κ1) is 8.99. The molecule has 0 saturated carbocycles. The van der Waals surface area contributed by atoms with Crippen LogP contribution < -0.4 is 0 Å². The molecule has 1 N–H and O–H groups in total. The van der Waals surface area contributed by atoms with Crippen LogP contribution in [0.4, 0.5) is 0 Å². The van der Waals surface area contributed by atoms with Crippen LogP contribution in [0.25, 0.3) is 0 Å². The van der Waals surface area contributed by atoms with Crippen molar-refractivity contribution in [1.82, 2.24) is 4.90 Å². The molecule has 1 atom stereocenters. The average Bonchev–Trinajstić information content (AvgIpc) is 2.41. The number of nitrogens with zero attached hydrogens (tertiary/aromatic N) is 2. The van der Waals surface area contributed by atoms with Gasteiger partial charge in [-0.2, -0.15) is 0 Å². The van der Waals surface area contributed by atoms with Crippen molar-refractivity contribution in [3.63, 3.8) is 0 Å². The number of carboxylic acids is 1. The molecule has 4 nitrogen and oxygen atoms in total. The number of hydrogen-bond acceptors (Lipinski definition) is 3. The van der Waals surface area contributed by atoms with Crippen molar-refractivity contribution in [1.29, 1.82) is 0 Å². The lowest BCUT2D eigenvalue weighted by atomic mass is 10.1. The third kappa shape index (κ3) is 1.07. The van der Waals surface area contributed by atoms with Gasteiger partial charge in [-0.1, -0.05) is 12.2 Å². The Kier molecular flexibility index (Phi) is 1.91. The lowest BCUT2D eigenvalue weighted by molar-refractivity contribution is -0.133. The summed E-state index contributed by atoms with van der Waals surface area (Å²) in [4.78, 5) is 17.2. The van der Waals surface area contributed by atoms with Crippen LogP contribution in [0.15, 0.2) is 28.3 Å². The predicted octanol–water partition coefficient (Wildman–Crippen LogP) is 0.670. The van der Waals surface area contributed by atoms with Crippen LogP contribution in [0.1, 0.15) is 6.92 Å². The first-order valence-corrected chi connectivity index (χ1v) is 4.54. The minimum atomic E-state index is -0.851. The van der Waals surface area contributed by atoms with E-state index in [1.165, 1.54) is 0 Å². The summed E-state index contributed by atoms with van der Waals surface area (Å²) in [5.41, 5.74) is 1.21. The lowest BCUT2D eigenvalue weighted by Gasteiger charge is -2.20. The second-order valence-corrected chi connectivity index (χ2v) is 3.49. The van der Waals surface area contributed by atoms with Crippen LogP contribution in [0.2, 0.25) is 0 Å². The van der Waals surface area contributed by atoms with Crippen LogP contribution in [0.5, 0.6) is 0 Å². The van der Waals surface area contributed by atoms with Gasteiger partial charge in [0.05, 0.1) is 18.2 Å². The molecule has 1 unspecified atom stereocenters. The number of hydrogen-bond donors (Lipinski definition) is 1. The largest absolute Gasteiger partial charge is 0.478 e. The molecule has 0 aromatic carbocycles. The molecule has 0 aromatic heterocycles. The number of aliphatic imine (C=N–C) groups is 1. The van der Waals surface area contributed by atoms with Crippen LogP contribution in [-0.2, 0) is 4.79 Å². The van der Waals surface area contributed by atoms with Crippen molar-refractivity contribution in [3.05, 3.63) is 23.3 Å². The molecule has 2 heterocycles. The van der Waals surface area contributed by atoms with Crippen molar-refractivity contribution in [2.45, 2.75) is 13.0 Å². The van der Waals surface area contributed by atoms with E-state index >= 15 is 0 Å². The standard InChI is InChI=1S/C10H12N2O2/c1-6-8(10(13)14)7-4-3-5-11-9(7)12(6)2/h3-4,6H,5H2,1-2H3,(H,13,14). The maximum absolute atomic E-state index is 11.0. The molecule has 0 radical (unpaired) electrons. The molecule has 14 heavy (non-hydrogen) atoms. The van der Waals surface area contributed by atoms with Crippen molar-refractivity contribution in [2.24, 2.45) is 4.99 Å². The van der Waals surface area contributed by atoms with E-state index < -0.39 is 5.97 Å². The average molecular weight is 192 g/mol. The quantitative estimate of drug-likeness (QED) is 0.664. The molecule has 0 spiro atoms. The number of carbonyl (C=O) groups is 1. The predicted molar refractivity (Wildman–Crippen MR) is 53.3 cm³/mol. The Balaban J connectivity index is 2.54. The number of likely N-dealkylation sites (N-methyl/N-ethyl adjacent to an activating group) is 1. The zero-order valence-corrected chi connectivity index (χ0v) is 8.19. The zero-order valence-electron chi connectivity index (χ0n) is 8.19. The first-order valence-electron chi connectivity index (χ1n) is 4.54. The fraction of sp³-hybridized carbons (Fsp3) is 0.400. The third-order valence-electron chi connectivity index (χ3n) is 2.73. The Morgan fingerprint density at radius 1 is 1.71 bits per heavy atom. The van der Waals surface area contributed by atoms with E-state index in [0.29, 0.717) is 12.1 Å². The summed E-state index contributed by atoms with van der Waals surface area (Å²) in [5.74, 6) is -0.0477. The molecular weight excluding hydrogens is 180 g/mol. The summed E-state index contributed by atoms with van der Waals surface area (Å²) in [6.45, 7) is 2.52. The van der Waals surface area contributed by atoms with Crippen LogP contribution >= 0.6 is 0 Å². The Hall–Kier alpha value is -1.58. The van der Waals surface area contributed by atoms with E-state index in [0.717, 1.165) is 11.4 Å². The van der Waals surface area contributed by atoms with Gasteiger partial charge in [-0.15, -0.1) is 0 Å². The number of carboxylic acid groups (broad SMARTS) is 1. The second kappa shape index (κ2) is 2.97. The van der Waals surface area contributed by atoms with Gasteiger partial charge in [0.15, 0.2) is 0 Å². The van der Waals surface area contributed by atoms with Crippen LogP contribution in [0, 0.1) is 0 Å².